The van der Waals surface area contributed by atoms with Gasteiger partial charge in [-0.2, -0.15) is 0 Å². The van der Waals surface area contributed by atoms with E-state index in [4.69, 9.17) is 5.14 Å². The monoisotopic (exact) mass is 351 g/mol. The average molecular weight is 351 g/mol. The van der Waals surface area contributed by atoms with Crippen LogP contribution in [0.5, 0.6) is 0 Å². The van der Waals surface area contributed by atoms with Gasteiger partial charge in [-0.25, -0.2) is 18.5 Å². The standard InChI is InChI=1S/C15H17N3O3S2/c1-8-14(22-15(17-8)18-9(2)19)12-6-5-11(10-3-4-10)7-13(12)23(16,20)21/h5-7,10H,3-4H2,1-2H3,(H2,16,20,21)(H,17,18,19). The van der Waals surface area contributed by atoms with Gasteiger partial charge in [-0.15, -0.1) is 0 Å². The first-order valence-corrected chi connectivity index (χ1v) is 9.54. The molecule has 1 amide bonds. The van der Waals surface area contributed by atoms with Gasteiger partial charge in [0.25, 0.3) is 0 Å². The third-order valence-corrected chi connectivity index (χ3v) is 5.74. The molecule has 122 valence electrons. The van der Waals surface area contributed by atoms with Gasteiger partial charge in [0, 0.05) is 12.5 Å². The summed E-state index contributed by atoms with van der Waals surface area (Å²) in [4.78, 5) is 16.2. The van der Waals surface area contributed by atoms with Crippen LogP contribution < -0.4 is 10.5 Å². The molecule has 1 saturated carbocycles. The molecule has 0 radical (unpaired) electrons. The van der Waals surface area contributed by atoms with Gasteiger partial charge in [0.05, 0.1) is 15.5 Å². The number of carbonyl (C=O) groups excluding carboxylic acids is 1. The molecular weight excluding hydrogens is 334 g/mol. The summed E-state index contributed by atoms with van der Waals surface area (Å²) in [6.45, 7) is 3.18. The van der Waals surface area contributed by atoms with Gasteiger partial charge in [0.1, 0.15) is 0 Å². The second kappa shape index (κ2) is 5.70. The Balaban J connectivity index is 2.12. The fourth-order valence-corrected chi connectivity index (χ4v) is 4.38. The van der Waals surface area contributed by atoms with Gasteiger partial charge in [-0.1, -0.05) is 23.5 Å². The Morgan fingerprint density at radius 3 is 2.65 bits per heavy atom. The molecule has 8 heteroatoms. The summed E-state index contributed by atoms with van der Waals surface area (Å²) in [7, 11) is -3.85. The lowest BCUT2D eigenvalue weighted by Gasteiger charge is -2.09. The van der Waals surface area contributed by atoms with Crippen LogP contribution in [0.1, 0.15) is 36.9 Å². The molecule has 6 nitrogen and oxygen atoms in total. The van der Waals surface area contributed by atoms with Crippen LogP contribution in [0.15, 0.2) is 23.1 Å². The van der Waals surface area contributed by atoms with Crippen molar-refractivity contribution in [1.82, 2.24) is 4.98 Å². The molecule has 0 unspecified atom stereocenters. The molecule has 1 aromatic heterocycles. The van der Waals surface area contributed by atoms with E-state index in [1.165, 1.54) is 18.3 Å². The molecule has 1 heterocycles. The quantitative estimate of drug-likeness (QED) is 0.884. The van der Waals surface area contributed by atoms with Gasteiger partial charge in [-0.05, 0) is 37.3 Å². The van der Waals surface area contributed by atoms with Crippen LogP contribution in [-0.2, 0) is 14.8 Å². The molecule has 1 fully saturated rings. The second-order valence-electron chi connectivity index (χ2n) is 5.69. The van der Waals surface area contributed by atoms with Crippen LogP contribution in [0.25, 0.3) is 10.4 Å². The van der Waals surface area contributed by atoms with Crippen molar-refractivity contribution in [2.24, 2.45) is 5.14 Å². The van der Waals surface area contributed by atoms with Crippen molar-refractivity contribution in [1.29, 1.82) is 0 Å². The first-order chi connectivity index (χ1) is 10.8. The highest BCUT2D eigenvalue weighted by molar-refractivity contribution is 7.89. The SMILES string of the molecule is CC(=O)Nc1nc(C)c(-c2ccc(C3CC3)cc2S(N)(=O)=O)s1. The van der Waals surface area contributed by atoms with Crippen LogP contribution in [0.3, 0.4) is 0 Å². The smallest absolute Gasteiger partial charge is 0.238 e. The van der Waals surface area contributed by atoms with E-state index in [-0.39, 0.29) is 10.8 Å². The van der Waals surface area contributed by atoms with E-state index in [9.17, 15) is 13.2 Å². The molecule has 1 aliphatic carbocycles. The van der Waals surface area contributed by atoms with Gasteiger partial charge >= 0.3 is 0 Å². The van der Waals surface area contributed by atoms with Crippen molar-refractivity contribution in [3.8, 4) is 10.4 Å². The van der Waals surface area contributed by atoms with E-state index in [2.05, 4.69) is 10.3 Å². The van der Waals surface area contributed by atoms with Crippen LogP contribution in [-0.4, -0.2) is 19.3 Å². The van der Waals surface area contributed by atoms with Crippen molar-refractivity contribution >= 4 is 32.4 Å². The highest BCUT2D eigenvalue weighted by atomic mass is 32.2. The van der Waals surface area contributed by atoms with Crippen molar-refractivity contribution in [3.63, 3.8) is 0 Å². The molecule has 0 aliphatic heterocycles. The third kappa shape index (κ3) is 3.44. The summed E-state index contributed by atoms with van der Waals surface area (Å²) in [6.07, 6.45) is 2.16. The maximum atomic E-state index is 12.0. The minimum absolute atomic E-state index is 0.114. The lowest BCUT2D eigenvalue weighted by molar-refractivity contribution is -0.114. The fraction of sp³-hybridized carbons (Fsp3) is 0.333. The Bertz CT molecular complexity index is 883. The van der Waals surface area contributed by atoms with E-state index in [0.29, 0.717) is 27.2 Å². The van der Waals surface area contributed by atoms with E-state index >= 15 is 0 Å². The maximum Gasteiger partial charge on any atom is 0.238 e. The molecule has 2 aromatic rings. The highest BCUT2D eigenvalue weighted by Crippen LogP contribution is 2.43. The number of aryl methyl sites for hydroxylation is 1. The van der Waals surface area contributed by atoms with E-state index in [0.717, 1.165) is 18.4 Å². The van der Waals surface area contributed by atoms with E-state index < -0.39 is 10.0 Å². The Kier molecular flexibility index (Phi) is 3.99. The van der Waals surface area contributed by atoms with Crippen molar-refractivity contribution in [2.45, 2.75) is 37.5 Å². The minimum atomic E-state index is -3.85. The summed E-state index contributed by atoms with van der Waals surface area (Å²) in [5, 5.41) is 8.47. The number of rotatable bonds is 4. The number of amides is 1. The molecule has 0 bridgehead atoms. The number of carbonyl (C=O) groups is 1. The van der Waals surface area contributed by atoms with Crippen LogP contribution in [0.2, 0.25) is 0 Å². The number of primary sulfonamides is 1. The fourth-order valence-electron chi connectivity index (χ4n) is 2.48. The largest absolute Gasteiger partial charge is 0.302 e. The molecule has 3 rings (SSSR count). The number of thiazole rings is 1. The zero-order valence-electron chi connectivity index (χ0n) is 12.8. The molecule has 23 heavy (non-hydrogen) atoms. The minimum Gasteiger partial charge on any atom is -0.302 e. The van der Waals surface area contributed by atoms with E-state index in [1.807, 2.05) is 6.07 Å². The van der Waals surface area contributed by atoms with Crippen molar-refractivity contribution in [2.75, 3.05) is 5.32 Å². The maximum absolute atomic E-state index is 12.0. The zero-order chi connectivity index (χ0) is 16.8. The first kappa shape index (κ1) is 16.1. The summed E-state index contributed by atoms with van der Waals surface area (Å²) >= 11 is 1.24. The van der Waals surface area contributed by atoms with Crippen molar-refractivity contribution < 1.29 is 13.2 Å². The second-order valence-corrected chi connectivity index (χ2v) is 8.22. The number of anilines is 1. The predicted octanol–water partition coefficient (Wildman–Crippen LogP) is 2.60. The predicted molar refractivity (Wildman–Crippen MR) is 89.9 cm³/mol. The summed E-state index contributed by atoms with van der Waals surface area (Å²) in [5.41, 5.74) is 2.19. The number of benzene rings is 1. The average Bonchev–Trinajstić information content (AvgIpc) is 3.21. The lowest BCUT2D eigenvalue weighted by Crippen LogP contribution is -2.13. The van der Waals surface area contributed by atoms with Crippen LogP contribution in [0, 0.1) is 6.92 Å². The Morgan fingerprint density at radius 2 is 2.09 bits per heavy atom. The Morgan fingerprint density at radius 1 is 1.39 bits per heavy atom. The Hall–Kier alpha value is -1.77. The molecule has 0 spiro atoms. The van der Waals surface area contributed by atoms with Crippen LogP contribution in [0.4, 0.5) is 5.13 Å². The van der Waals surface area contributed by atoms with Crippen LogP contribution >= 0.6 is 11.3 Å². The molecule has 1 aromatic carbocycles. The van der Waals surface area contributed by atoms with Gasteiger partial charge in [0.2, 0.25) is 15.9 Å². The number of hydrogen-bond donors (Lipinski definition) is 2. The topological polar surface area (TPSA) is 102 Å². The zero-order valence-corrected chi connectivity index (χ0v) is 14.4. The van der Waals surface area contributed by atoms with Gasteiger partial charge in [-0.3, -0.25) is 4.79 Å². The Labute approximate surface area is 138 Å². The highest BCUT2D eigenvalue weighted by Gasteiger charge is 2.27. The first-order valence-electron chi connectivity index (χ1n) is 7.18. The molecule has 0 saturated heterocycles. The summed E-state index contributed by atoms with van der Waals surface area (Å²) in [6, 6.07) is 5.39. The normalized spacial score (nSPS) is 14.7. The molecular formula is C15H17N3O3S2. The number of nitrogens with two attached hydrogens (primary N) is 1. The van der Waals surface area contributed by atoms with Gasteiger partial charge in [0.15, 0.2) is 5.13 Å². The number of nitrogens with zero attached hydrogens (tertiary/aromatic N) is 1. The number of aromatic nitrogens is 1. The number of hydrogen-bond acceptors (Lipinski definition) is 5. The van der Waals surface area contributed by atoms with E-state index in [1.54, 1.807) is 19.1 Å². The lowest BCUT2D eigenvalue weighted by atomic mass is 10.1. The molecule has 1 aliphatic rings. The number of nitrogens with one attached hydrogen (secondary N) is 1. The molecule has 3 N–H and O–H groups in total. The van der Waals surface area contributed by atoms with Gasteiger partial charge < -0.3 is 5.32 Å². The summed E-state index contributed by atoms with van der Waals surface area (Å²) in [5.74, 6) is 0.211. The summed E-state index contributed by atoms with van der Waals surface area (Å²) < 4.78 is 24.0. The number of sulfonamides is 1. The van der Waals surface area contributed by atoms with Crippen molar-refractivity contribution in [3.05, 3.63) is 29.5 Å². The molecule has 0 atom stereocenters. The third-order valence-electron chi connectivity index (χ3n) is 3.69.